The van der Waals surface area contributed by atoms with E-state index in [4.69, 9.17) is 0 Å². The van der Waals surface area contributed by atoms with Gasteiger partial charge in [-0.15, -0.1) is 11.8 Å². The molecule has 0 saturated heterocycles. The number of nitrogens with one attached hydrogen (secondary N) is 1. The Kier molecular flexibility index (Phi) is 5.88. The first-order chi connectivity index (χ1) is 7.63. The second-order valence-corrected chi connectivity index (χ2v) is 5.32. The highest BCUT2D eigenvalue weighted by Gasteiger charge is 2.05. The lowest BCUT2D eigenvalue weighted by atomic mass is 10.1. The van der Waals surface area contributed by atoms with Crippen molar-refractivity contribution in [2.75, 3.05) is 12.3 Å². The topological polar surface area (TPSA) is 32.3 Å². The first kappa shape index (κ1) is 13.6. The van der Waals surface area contributed by atoms with Crippen LogP contribution in [0.1, 0.15) is 32.4 Å². The minimum atomic E-state index is -0.294. The molecule has 0 heterocycles. The van der Waals surface area contributed by atoms with Crippen LogP contribution in [0, 0.1) is 0 Å². The standard InChI is InChI=1S/C13H21NOS/c1-4-16-13-7-5-12(6-8-13)11(3)14-9-10(2)15/h5-8,10-11,14-15H,4,9H2,1-3H3. The zero-order chi connectivity index (χ0) is 12.0. The number of aliphatic hydroxyl groups is 1. The number of thioether (sulfide) groups is 1. The van der Waals surface area contributed by atoms with Gasteiger partial charge in [-0.3, -0.25) is 0 Å². The fraction of sp³-hybridized carbons (Fsp3) is 0.538. The Morgan fingerprint density at radius 2 is 1.88 bits per heavy atom. The van der Waals surface area contributed by atoms with Gasteiger partial charge in [-0.25, -0.2) is 0 Å². The molecule has 2 N–H and O–H groups in total. The van der Waals surface area contributed by atoms with E-state index in [2.05, 4.69) is 43.4 Å². The van der Waals surface area contributed by atoms with E-state index in [1.807, 2.05) is 11.8 Å². The summed E-state index contributed by atoms with van der Waals surface area (Å²) in [6.45, 7) is 6.70. The molecular formula is C13H21NOS. The third-order valence-electron chi connectivity index (χ3n) is 2.41. The van der Waals surface area contributed by atoms with E-state index in [1.165, 1.54) is 10.5 Å². The van der Waals surface area contributed by atoms with Crippen LogP contribution in [0.3, 0.4) is 0 Å². The quantitative estimate of drug-likeness (QED) is 0.749. The number of benzene rings is 1. The molecule has 16 heavy (non-hydrogen) atoms. The molecule has 0 aliphatic rings. The summed E-state index contributed by atoms with van der Waals surface area (Å²) in [6.07, 6.45) is -0.294. The number of hydrogen-bond acceptors (Lipinski definition) is 3. The van der Waals surface area contributed by atoms with Crippen molar-refractivity contribution in [3.63, 3.8) is 0 Å². The van der Waals surface area contributed by atoms with Crippen molar-refractivity contribution in [1.82, 2.24) is 5.32 Å². The lowest BCUT2D eigenvalue weighted by molar-refractivity contribution is 0.187. The summed E-state index contributed by atoms with van der Waals surface area (Å²) in [5.74, 6) is 1.11. The lowest BCUT2D eigenvalue weighted by Gasteiger charge is -2.15. The van der Waals surface area contributed by atoms with Gasteiger partial charge in [0.15, 0.2) is 0 Å². The van der Waals surface area contributed by atoms with Crippen LogP contribution in [0.15, 0.2) is 29.2 Å². The van der Waals surface area contributed by atoms with Gasteiger partial charge in [0.1, 0.15) is 0 Å². The molecule has 3 heteroatoms. The minimum absolute atomic E-state index is 0.287. The maximum absolute atomic E-state index is 9.20. The van der Waals surface area contributed by atoms with Gasteiger partial charge >= 0.3 is 0 Å². The normalized spacial score (nSPS) is 14.8. The first-order valence-corrected chi connectivity index (χ1v) is 6.76. The Labute approximate surface area is 102 Å². The number of hydrogen-bond donors (Lipinski definition) is 2. The van der Waals surface area contributed by atoms with Crippen molar-refractivity contribution in [2.45, 2.75) is 37.8 Å². The van der Waals surface area contributed by atoms with Crippen LogP contribution in [-0.2, 0) is 0 Å². The van der Waals surface area contributed by atoms with Gasteiger partial charge in [0.2, 0.25) is 0 Å². The van der Waals surface area contributed by atoms with Crippen LogP contribution in [-0.4, -0.2) is 23.5 Å². The van der Waals surface area contributed by atoms with Crippen LogP contribution in [0.5, 0.6) is 0 Å². The molecule has 0 aliphatic carbocycles. The predicted molar refractivity (Wildman–Crippen MR) is 70.9 cm³/mol. The fourth-order valence-corrected chi connectivity index (χ4v) is 2.15. The smallest absolute Gasteiger partial charge is 0.0636 e. The molecule has 0 aliphatic heterocycles. The molecule has 0 bridgehead atoms. The SMILES string of the molecule is CCSc1ccc(C(C)NCC(C)O)cc1. The molecule has 1 aromatic rings. The molecular weight excluding hydrogens is 218 g/mol. The van der Waals surface area contributed by atoms with Crippen LogP contribution >= 0.6 is 11.8 Å². The summed E-state index contributed by atoms with van der Waals surface area (Å²) in [5, 5.41) is 12.5. The number of aliphatic hydroxyl groups excluding tert-OH is 1. The average molecular weight is 239 g/mol. The zero-order valence-corrected chi connectivity index (χ0v) is 11.1. The van der Waals surface area contributed by atoms with Gasteiger partial charge in [-0.2, -0.15) is 0 Å². The largest absolute Gasteiger partial charge is 0.392 e. The Balaban J connectivity index is 2.52. The maximum Gasteiger partial charge on any atom is 0.0636 e. The van der Waals surface area contributed by atoms with E-state index >= 15 is 0 Å². The molecule has 0 saturated carbocycles. The summed E-state index contributed by atoms with van der Waals surface area (Å²) in [6, 6.07) is 8.90. The highest BCUT2D eigenvalue weighted by atomic mass is 32.2. The van der Waals surface area contributed by atoms with Crippen molar-refractivity contribution in [1.29, 1.82) is 0 Å². The summed E-state index contributed by atoms with van der Waals surface area (Å²) in [5.41, 5.74) is 1.26. The fourth-order valence-electron chi connectivity index (χ4n) is 1.48. The second kappa shape index (κ2) is 6.94. The first-order valence-electron chi connectivity index (χ1n) is 5.77. The molecule has 0 aromatic heterocycles. The molecule has 2 nitrogen and oxygen atoms in total. The Bertz CT molecular complexity index is 297. The Morgan fingerprint density at radius 1 is 1.25 bits per heavy atom. The third-order valence-corrected chi connectivity index (χ3v) is 3.30. The predicted octanol–water partition coefficient (Wildman–Crippen LogP) is 2.83. The monoisotopic (exact) mass is 239 g/mol. The molecule has 1 rings (SSSR count). The molecule has 0 amide bonds. The highest BCUT2D eigenvalue weighted by Crippen LogP contribution is 2.20. The van der Waals surface area contributed by atoms with Gasteiger partial charge in [0, 0.05) is 17.5 Å². The van der Waals surface area contributed by atoms with Crippen LogP contribution in [0.4, 0.5) is 0 Å². The Morgan fingerprint density at radius 3 is 2.38 bits per heavy atom. The van der Waals surface area contributed by atoms with Crippen LogP contribution in [0.25, 0.3) is 0 Å². The summed E-state index contributed by atoms with van der Waals surface area (Å²) < 4.78 is 0. The van der Waals surface area contributed by atoms with E-state index in [9.17, 15) is 5.11 Å². The average Bonchev–Trinajstić information content (AvgIpc) is 2.27. The molecule has 1 aromatic carbocycles. The lowest BCUT2D eigenvalue weighted by Crippen LogP contribution is -2.27. The maximum atomic E-state index is 9.20. The van der Waals surface area contributed by atoms with Gasteiger partial charge in [0.05, 0.1) is 6.10 Å². The van der Waals surface area contributed by atoms with Crippen molar-refractivity contribution in [3.8, 4) is 0 Å². The third kappa shape index (κ3) is 4.56. The van der Waals surface area contributed by atoms with E-state index < -0.39 is 0 Å². The zero-order valence-electron chi connectivity index (χ0n) is 10.2. The van der Waals surface area contributed by atoms with E-state index in [1.54, 1.807) is 6.92 Å². The number of rotatable bonds is 6. The van der Waals surface area contributed by atoms with Crippen LogP contribution in [0.2, 0.25) is 0 Å². The van der Waals surface area contributed by atoms with Gasteiger partial charge in [-0.05, 0) is 37.3 Å². The molecule has 2 unspecified atom stereocenters. The van der Waals surface area contributed by atoms with Gasteiger partial charge in [-0.1, -0.05) is 19.1 Å². The summed E-state index contributed by atoms with van der Waals surface area (Å²) >= 11 is 1.85. The van der Waals surface area contributed by atoms with Gasteiger partial charge in [0.25, 0.3) is 0 Å². The molecule has 2 atom stereocenters. The van der Waals surface area contributed by atoms with Crippen molar-refractivity contribution < 1.29 is 5.11 Å². The van der Waals surface area contributed by atoms with Crippen molar-refractivity contribution in [3.05, 3.63) is 29.8 Å². The minimum Gasteiger partial charge on any atom is -0.392 e. The molecule has 0 spiro atoms. The summed E-state index contributed by atoms with van der Waals surface area (Å²) in [4.78, 5) is 1.31. The molecule has 0 radical (unpaired) electrons. The van der Waals surface area contributed by atoms with E-state index in [-0.39, 0.29) is 12.1 Å². The van der Waals surface area contributed by atoms with Crippen molar-refractivity contribution >= 4 is 11.8 Å². The second-order valence-electron chi connectivity index (χ2n) is 3.98. The highest BCUT2D eigenvalue weighted by molar-refractivity contribution is 7.99. The summed E-state index contributed by atoms with van der Waals surface area (Å²) in [7, 11) is 0. The van der Waals surface area contributed by atoms with E-state index in [0.29, 0.717) is 6.54 Å². The van der Waals surface area contributed by atoms with E-state index in [0.717, 1.165) is 5.75 Å². The molecule has 0 fully saturated rings. The van der Waals surface area contributed by atoms with Crippen LogP contribution < -0.4 is 5.32 Å². The molecule has 90 valence electrons. The van der Waals surface area contributed by atoms with Crippen molar-refractivity contribution in [2.24, 2.45) is 0 Å². The Hall–Kier alpha value is -0.510. The van der Waals surface area contributed by atoms with Gasteiger partial charge < -0.3 is 10.4 Å².